The monoisotopic (exact) mass is 285 g/mol. The van der Waals surface area contributed by atoms with Gasteiger partial charge in [0.25, 0.3) is 0 Å². The van der Waals surface area contributed by atoms with Gasteiger partial charge in [-0.25, -0.2) is 0 Å². The van der Waals surface area contributed by atoms with Crippen molar-refractivity contribution < 1.29 is 14.6 Å². The van der Waals surface area contributed by atoms with Crippen molar-refractivity contribution in [1.82, 2.24) is 5.32 Å². The molecular formula is C17H19NO3. The summed E-state index contributed by atoms with van der Waals surface area (Å²) in [5.74, 6) is 0.634. The molecule has 21 heavy (non-hydrogen) atoms. The Hall–Kier alpha value is -2.33. The lowest BCUT2D eigenvalue weighted by molar-refractivity contribution is -0.137. The number of para-hydroxylation sites is 1. The molecule has 0 amide bonds. The van der Waals surface area contributed by atoms with Gasteiger partial charge < -0.3 is 15.2 Å². The molecule has 0 radical (unpaired) electrons. The zero-order valence-electron chi connectivity index (χ0n) is 12.0. The average Bonchev–Trinajstić information content (AvgIpc) is 2.48. The summed E-state index contributed by atoms with van der Waals surface area (Å²) in [5, 5.41) is 12.2. The fraction of sp³-hybridized carbons (Fsp3) is 0.235. The summed E-state index contributed by atoms with van der Waals surface area (Å²) in [6.07, 6.45) is 0.0443. The first-order chi connectivity index (χ1) is 10.2. The molecule has 2 N–H and O–H groups in total. The van der Waals surface area contributed by atoms with Crippen LogP contribution >= 0.6 is 0 Å². The number of benzene rings is 2. The summed E-state index contributed by atoms with van der Waals surface area (Å²) in [6.45, 7) is 2.67. The Labute approximate surface area is 124 Å². The third kappa shape index (κ3) is 4.61. The van der Waals surface area contributed by atoms with E-state index in [2.05, 4.69) is 5.32 Å². The van der Waals surface area contributed by atoms with Crippen molar-refractivity contribution in [3.8, 4) is 11.5 Å². The molecular weight excluding hydrogens is 266 g/mol. The van der Waals surface area contributed by atoms with E-state index < -0.39 is 5.97 Å². The Morgan fingerprint density at radius 1 is 1.14 bits per heavy atom. The van der Waals surface area contributed by atoms with Gasteiger partial charge >= 0.3 is 5.97 Å². The van der Waals surface area contributed by atoms with Crippen LogP contribution in [0.25, 0.3) is 0 Å². The van der Waals surface area contributed by atoms with Gasteiger partial charge in [0.1, 0.15) is 11.5 Å². The van der Waals surface area contributed by atoms with Gasteiger partial charge in [-0.3, -0.25) is 4.79 Å². The molecule has 0 aliphatic rings. The van der Waals surface area contributed by atoms with Crippen molar-refractivity contribution in [3.63, 3.8) is 0 Å². The standard InChI is InChI=1S/C17H19NO3/c1-2-18-16(12-17(19)20)13-7-6-10-15(11-13)21-14-8-4-3-5-9-14/h3-11,16,18H,2,12H2,1H3,(H,19,20). The summed E-state index contributed by atoms with van der Waals surface area (Å²) in [7, 11) is 0. The van der Waals surface area contributed by atoms with Crippen molar-refractivity contribution in [3.05, 3.63) is 60.2 Å². The first kappa shape index (κ1) is 15.1. The normalized spacial score (nSPS) is 11.9. The Balaban J connectivity index is 2.17. The average molecular weight is 285 g/mol. The van der Waals surface area contributed by atoms with E-state index in [-0.39, 0.29) is 12.5 Å². The van der Waals surface area contributed by atoms with Gasteiger partial charge in [-0.05, 0) is 36.4 Å². The van der Waals surface area contributed by atoms with Crippen LogP contribution in [0, 0.1) is 0 Å². The van der Waals surface area contributed by atoms with Crippen LogP contribution in [0.3, 0.4) is 0 Å². The molecule has 1 unspecified atom stereocenters. The van der Waals surface area contributed by atoms with Gasteiger partial charge in [0.15, 0.2) is 0 Å². The number of rotatable bonds is 7. The minimum atomic E-state index is -0.824. The number of aliphatic carboxylic acids is 1. The zero-order chi connectivity index (χ0) is 15.1. The van der Waals surface area contributed by atoms with E-state index in [1.165, 1.54) is 0 Å². The van der Waals surface area contributed by atoms with Crippen LogP contribution in [0.4, 0.5) is 0 Å². The van der Waals surface area contributed by atoms with E-state index in [9.17, 15) is 4.79 Å². The predicted octanol–water partition coefficient (Wildman–Crippen LogP) is 3.60. The summed E-state index contributed by atoms with van der Waals surface area (Å²) in [6, 6.07) is 16.8. The van der Waals surface area contributed by atoms with E-state index in [4.69, 9.17) is 9.84 Å². The molecule has 4 heteroatoms. The number of nitrogens with one attached hydrogen (secondary N) is 1. The third-order valence-corrected chi connectivity index (χ3v) is 3.07. The van der Waals surface area contributed by atoms with Gasteiger partial charge in [-0.15, -0.1) is 0 Å². The molecule has 110 valence electrons. The second-order valence-electron chi connectivity index (χ2n) is 4.70. The SMILES string of the molecule is CCNC(CC(=O)O)c1cccc(Oc2ccccc2)c1. The van der Waals surface area contributed by atoms with Crippen LogP contribution in [-0.4, -0.2) is 17.6 Å². The molecule has 1 atom stereocenters. The topological polar surface area (TPSA) is 58.6 Å². The molecule has 2 aromatic carbocycles. The first-order valence-electron chi connectivity index (χ1n) is 6.97. The molecule has 0 fully saturated rings. The lowest BCUT2D eigenvalue weighted by atomic mass is 10.0. The molecule has 0 spiro atoms. The van der Waals surface area contributed by atoms with Gasteiger partial charge in [-0.2, -0.15) is 0 Å². The fourth-order valence-corrected chi connectivity index (χ4v) is 2.15. The molecule has 2 aromatic rings. The van der Waals surface area contributed by atoms with E-state index in [0.717, 1.165) is 11.3 Å². The summed E-state index contributed by atoms with van der Waals surface area (Å²) in [4.78, 5) is 11.0. The minimum absolute atomic E-state index is 0.0443. The van der Waals surface area contributed by atoms with Crippen LogP contribution in [0.2, 0.25) is 0 Å². The maximum atomic E-state index is 11.0. The highest BCUT2D eigenvalue weighted by atomic mass is 16.5. The van der Waals surface area contributed by atoms with Crippen LogP contribution in [0.5, 0.6) is 11.5 Å². The molecule has 0 aliphatic heterocycles. The molecule has 0 saturated heterocycles. The van der Waals surface area contributed by atoms with Gasteiger partial charge in [-0.1, -0.05) is 37.3 Å². The smallest absolute Gasteiger partial charge is 0.305 e. The number of carboxylic acids is 1. The van der Waals surface area contributed by atoms with Crippen molar-refractivity contribution >= 4 is 5.97 Å². The van der Waals surface area contributed by atoms with Crippen molar-refractivity contribution in [2.24, 2.45) is 0 Å². The highest BCUT2D eigenvalue weighted by Crippen LogP contribution is 2.25. The summed E-state index contributed by atoms with van der Waals surface area (Å²) in [5.41, 5.74) is 0.910. The summed E-state index contributed by atoms with van der Waals surface area (Å²) >= 11 is 0. The maximum absolute atomic E-state index is 11.0. The maximum Gasteiger partial charge on any atom is 0.305 e. The summed E-state index contributed by atoms with van der Waals surface area (Å²) < 4.78 is 5.78. The van der Waals surface area contributed by atoms with Gasteiger partial charge in [0, 0.05) is 6.04 Å². The Kier molecular flexibility index (Phi) is 5.35. The van der Waals surface area contributed by atoms with Crippen molar-refractivity contribution in [2.75, 3.05) is 6.54 Å². The number of ether oxygens (including phenoxy) is 1. The van der Waals surface area contributed by atoms with Crippen LogP contribution < -0.4 is 10.1 Å². The third-order valence-electron chi connectivity index (χ3n) is 3.07. The van der Waals surface area contributed by atoms with Gasteiger partial charge in [0.05, 0.1) is 6.42 Å². The molecule has 0 bridgehead atoms. The van der Waals surface area contributed by atoms with Crippen LogP contribution in [0.15, 0.2) is 54.6 Å². The van der Waals surface area contributed by atoms with E-state index in [1.807, 2.05) is 61.5 Å². The number of carbonyl (C=O) groups is 1. The molecule has 0 saturated carbocycles. The second kappa shape index (κ2) is 7.45. The molecule has 2 rings (SSSR count). The fourth-order valence-electron chi connectivity index (χ4n) is 2.15. The Morgan fingerprint density at radius 3 is 2.52 bits per heavy atom. The molecule has 0 heterocycles. The molecule has 4 nitrogen and oxygen atoms in total. The predicted molar refractivity (Wildman–Crippen MR) is 81.6 cm³/mol. The highest BCUT2D eigenvalue weighted by Gasteiger charge is 2.15. The number of carboxylic acid groups (broad SMARTS) is 1. The highest BCUT2D eigenvalue weighted by molar-refractivity contribution is 5.68. The van der Waals surface area contributed by atoms with Crippen molar-refractivity contribution in [2.45, 2.75) is 19.4 Å². The Bertz CT molecular complexity index is 584. The van der Waals surface area contributed by atoms with Crippen LogP contribution in [0.1, 0.15) is 24.9 Å². The van der Waals surface area contributed by atoms with E-state index >= 15 is 0 Å². The van der Waals surface area contributed by atoms with E-state index in [0.29, 0.717) is 12.3 Å². The minimum Gasteiger partial charge on any atom is -0.481 e. The number of hydrogen-bond donors (Lipinski definition) is 2. The lowest BCUT2D eigenvalue weighted by Gasteiger charge is -2.17. The Morgan fingerprint density at radius 2 is 1.86 bits per heavy atom. The number of hydrogen-bond acceptors (Lipinski definition) is 3. The van der Waals surface area contributed by atoms with Crippen LogP contribution in [-0.2, 0) is 4.79 Å². The largest absolute Gasteiger partial charge is 0.481 e. The quantitative estimate of drug-likeness (QED) is 0.816. The van der Waals surface area contributed by atoms with E-state index in [1.54, 1.807) is 0 Å². The molecule has 0 aromatic heterocycles. The zero-order valence-corrected chi connectivity index (χ0v) is 12.0. The lowest BCUT2D eigenvalue weighted by Crippen LogP contribution is -2.23. The van der Waals surface area contributed by atoms with Crippen molar-refractivity contribution in [1.29, 1.82) is 0 Å². The first-order valence-corrected chi connectivity index (χ1v) is 6.97. The van der Waals surface area contributed by atoms with Gasteiger partial charge in [0.2, 0.25) is 0 Å². The second-order valence-corrected chi connectivity index (χ2v) is 4.70. The molecule has 0 aliphatic carbocycles.